The molecule has 1 saturated heterocycles. The van der Waals surface area contributed by atoms with Gasteiger partial charge in [-0.05, 0) is 61.7 Å². The van der Waals surface area contributed by atoms with E-state index in [0.717, 1.165) is 48.0 Å². The predicted octanol–water partition coefficient (Wildman–Crippen LogP) is 2.91. The van der Waals surface area contributed by atoms with E-state index in [4.69, 9.17) is 0 Å². The second-order valence-electron chi connectivity index (χ2n) is 6.94. The van der Waals surface area contributed by atoms with E-state index in [0.29, 0.717) is 11.8 Å². The van der Waals surface area contributed by atoms with Gasteiger partial charge in [0.15, 0.2) is 0 Å². The number of likely N-dealkylation sites (tertiary alicyclic amines) is 1. The summed E-state index contributed by atoms with van der Waals surface area (Å²) in [5, 5.41) is 1.11. The van der Waals surface area contributed by atoms with Crippen LogP contribution >= 0.6 is 15.9 Å². The normalized spacial score (nSPS) is 46.3. The zero-order valence-corrected chi connectivity index (χ0v) is 12.4. The summed E-state index contributed by atoms with van der Waals surface area (Å²) in [5.41, 5.74) is 0. The number of fused-ring (bicyclic) bond motifs is 5. The molecule has 0 spiro atoms. The van der Waals surface area contributed by atoms with Gasteiger partial charge in [-0.15, -0.1) is 0 Å². The molecule has 1 aliphatic heterocycles. The van der Waals surface area contributed by atoms with Crippen molar-refractivity contribution < 1.29 is 4.79 Å². The molecule has 0 N–H and O–H groups in total. The first-order valence-corrected chi connectivity index (χ1v) is 8.76. The summed E-state index contributed by atoms with van der Waals surface area (Å²) in [6.07, 6.45) is 6.69. The van der Waals surface area contributed by atoms with Crippen LogP contribution in [0.2, 0.25) is 0 Å². The molecule has 4 atom stereocenters. The Kier molecular flexibility index (Phi) is 2.76. The van der Waals surface area contributed by atoms with Crippen LogP contribution in [0.4, 0.5) is 0 Å². The summed E-state index contributed by atoms with van der Waals surface area (Å²) >= 11 is 3.57. The van der Waals surface area contributed by atoms with E-state index in [9.17, 15) is 4.79 Å². The largest absolute Gasteiger partial charge is 0.342 e. The molecular formula is C15H22BrNO. The number of nitrogens with zero attached hydrogens (tertiary/aromatic N) is 1. The highest BCUT2D eigenvalue weighted by Crippen LogP contribution is 2.69. The van der Waals surface area contributed by atoms with Gasteiger partial charge in [0.2, 0.25) is 5.91 Å². The van der Waals surface area contributed by atoms with Crippen LogP contribution in [0.25, 0.3) is 0 Å². The number of piperidine rings is 1. The number of alkyl halides is 1. The van der Waals surface area contributed by atoms with Crippen molar-refractivity contribution >= 4 is 21.8 Å². The number of halogens is 1. The molecule has 1 amide bonds. The minimum atomic E-state index is 0.455. The second kappa shape index (κ2) is 4.22. The Morgan fingerprint density at radius 2 is 1.67 bits per heavy atom. The summed E-state index contributed by atoms with van der Waals surface area (Å²) in [7, 11) is 0. The van der Waals surface area contributed by atoms with Gasteiger partial charge in [0.1, 0.15) is 0 Å². The van der Waals surface area contributed by atoms with E-state index in [-0.39, 0.29) is 0 Å². The van der Waals surface area contributed by atoms with Crippen LogP contribution in [-0.4, -0.2) is 29.2 Å². The summed E-state index contributed by atoms with van der Waals surface area (Å²) in [6.45, 7) is 2.03. The molecular weight excluding hydrogens is 290 g/mol. The monoisotopic (exact) mass is 311 g/mol. The third-order valence-electron chi connectivity index (χ3n) is 6.16. The first-order valence-electron chi connectivity index (χ1n) is 7.64. The third-order valence-corrected chi connectivity index (χ3v) is 7.08. The number of amides is 1. The predicted molar refractivity (Wildman–Crippen MR) is 74.4 cm³/mol. The van der Waals surface area contributed by atoms with Gasteiger partial charge in [-0.25, -0.2) is 0 Å². The van der Waals surface area contributed by atoms with Crippen LogP contribution in [0.1, 0.15) is 32.1 Å². The standard InChI is InChI=1S/C15H22BrNO/c16-8-9-3-5-17(6-4-9)15(18)14-12-10-1-2-11(7-10)13(12)14/h9-14H,1-8H2. The van der Waals surface area contributed by atoms with E-state index in [1.807, 2.05) is 0 Å². The Labute approximate surface area is 118 Å². The minimum absolute atomic E-state index is 0.455. The SMILES string of the molecule is O=C(C1C2C3CCC(C3)C12)N1CCC(CBr)CC1. The molecule has 4 aliphatic rings. The van der Waals surface area contributed by atoms with Crippen LogP contribution in [0.5, 0.6) is 0 Å². The van der Waals surface area contributed by atoms with Crippen LogP contribution in [0.3, 0.4) is 0 Å². The Hall–Kier alpha value is -0.0500. The van der Waals surface area contributed by atoms with Crippen LogP contribution in [-0.2, 0) is 4.79 Å². The lowest BCUT2D eigenvalue weighted by Crippen LogP contribution is -2.40. The second-order valence-corrected chi connectivity index (χ2v) is 7.58. The van der Waals surface area contributed by atoms with Gasteiger partial charge < -0.3 is 4.90 Å². The molecule has 2 bridgehead atoms. The van der Waals surface area contributed by atoms with Gasteiger partial charge in [-0.3, -0.25) is 4.79 Å². The summed E-state index contributed by atoms with van der Waals surface area (Å²) in [4.78, 5) is 14.8. The third kappa shape index (κ3) is 1.62. The van der Waals surface area contributed by atoms with Crippen molar-refractivity contribution in [1.82, 2.24) is 4.90 Å². The molecule has 0 aromatic rings. The van der Waals surface area contributed by atoms with E-state index in [1.165, 1.54) is 32.1 Å². The van der Waals surface area contributed by atoms with E-state index in [2.05, 4.69) is 20.8 Å². The first kappa shape index (κ1) is 11.7. The fourth-order valence-electron chi connectivity index (χ4n) is 5.17. The molecule has 4 unspecified atom stereocenters. The number of hydrogen-bond acceptors (Lipinski definition) is 1. The first-order chi connectivity index (χ1) is 8.79. The highest BCUT2D eigenvalue weighted by Gasteiger charge is 2.67. The lowest BCUT2D eigenvalue weighted by Gasteiger charge is -2.32. The van der Waals surface area contributed by atoms with Crippen molar-refractivity contribution in [2.75, 3.05) is 18.4 Å². The van der Waals surface area contributed by atoms with Crippen LogP contribution < -0.4 is 0 Å². The zero-order chi connectivity index (χ0) is 12.3. The van der Waals surface area contributed by atoms with Crippen molar-refractivity contribution in [1.29, 1.82) is 0 Å². The van der Waals surface area contributed by atoms with E-state index >= 15 is 0 Å². The summed E-state index contributed by atoms with van der Waals surface area (Å²) < 4.78 is 0. The topological polar surface area (TPSA) is 20.3 Å². The molecule has 0 radical (unpaired) electrons. The highest BCUT2D eigenvalue weighted by atomic mass is 79.9. The summed E-state index contributed by atoms with van der Waals surface area (Å²) in [5.74, 6) is 5.24. The zero-order valence-electron chi connectivity index (χ0n) is 10.9. The maximum atomic E-state index is 12.6. The van der Waals surface area contributed by atoms with Gasteiger partial charge >= 0.3 is 0 Å². The van der Waals surface area contributed by atoms with Crippen molar-refractivity contribution in [2.45, 2.75) is 32.1 Å². The lowest BCUT2D eigenvalue weighted by atomic mass is 9.97. The van der Waals surface area contributed by atoms with Gasteiger partial charge in [-0.2, -0.15) is 0 Å². The quantitative estimate of drug-likeness (QED) is 0.718. The molecule has 0 aromatic heterocycles. The Bertz CT molecular complexity index is 348. The number of carbonyl (C=O) groups is 1. The molecule has 3 saturated carbocycles. The number of rotatable bonds is 2. The van der Waals surface area contributed by atoms with Gasteiger partial charge in [0.25, 0.3) is 0 Å². The van der Waals surface area contributed by atoms with Crippen LogP contribution in [0, 0.1) is 35.5 Å². The molecule has 4 rings (SSSR count). The maximum Gasteiger partial charge on any atom is 0.226 e. The van der Waals surface area contributed by atoms with Crippen molar-refractivity contribution in [3.63, 3.8) is 0 Å². The van der Waals surface area contributed by atoms with Crippen molar-refractivity contribution in [3.05, 3.63) is 0 Å². The van der Waals surface area contributed by atoms with Gasteiger partial charge in [0.05, 0.1) is 0 Å². The van der Waals surface area contributed by atoms with Gasteiger partial charge in [0, 0.05) is 24.3 Å². The van der Waals surface area contributed by atoms with Crippen LogP contribution in [0.15, 0.2) is 0 Å². The average molecular weight is 312 g/mol. The fourth-order valence-corrected chi connectivity index (χ4v) is 5.82. The Morgan fingerprint density at radius 3 is 2.22 bits per heavy atom. The van der Waals surface area contributed by atoms with Crippen molar-refractivity contribution in [3.8, 4) is 0 Å². The summed E-state index contributed by atoms with van der Waals surface area (Å²) in [6, 6.07) is 0. The number of hydrogen-bond donors (Lipinski definition) is 0. The minimum Gasteiger partial charge on any atom is -0.342 e. The fraction of sp³-hybridized carbons (Fsp3) is 0.933. The highest BCUT2D eigenvalue weighted by molar-refractivity contribution is 9.09. The number of carbonyl (C=O) groups excluding carboxylic acids is 1. The average Bonchev–Trinajstić information content (AvgIpc) is 2.85. The molecule has 2 nitrogen and oxygen atoms in total. The van der Waals surface area contributed by atoms with Crippen molar-refractivity contribution in [2.24, 2.45) is 35.5 Å². The van der Waals surface area contributed by atoms with E-state index in [1.54, 1.807) is 0 Å². The Morgan fingerprint density at radius 1 is 1.06 bits per heavy atom. The maximum absolute atomic E-state index is 12.6. The molecule has 0 aromatic carbocycles. The van der Waals surface area contributed by atoms with Gasteiger partial charge in [-0.1, -0.05) is 15.9 Å². The van der Waals surface area contributed by atoms with E-state index < -0.39 is 0 Å². The molecule has 3 heteroatoms. The molecule has 4 fully saturated rings. The molecule has 3 aliphatic carbocycles. The Balaban J connectivity index is 1.38. The molecule has 1 heterocycles. The molecule has 100 valence electrons. The molecule has 18 heavy (non-hydrogen) atoms. The lowest BCUT2D eigenvalue weighted by molar-refractivity contribution is -0.135. The smallest absolute Gasteiger partial charge is 0.226 e.